The molecule has 0 saturated carbocycles. The number of carbonyl (C=O) groups is 1. The van der Waals surface area contributed by atoms with Gasteiger partial charge in [0.1, 0.15) is 12.4 Å². The number of hydrogen-bond donors (Lipinski definition) is 2. The van der Waals surface area contributed by atoms with Crippen LogP contribution in [-0.2, 0) is 11.3 Å². The van der Waals surface area contributed by atoms with E-state index in [-0.39, 0.29) is 13.0 Å². The smallest absolute Gasteiger partial charge is 0.305 e. The van der Waals surface area contributed by atoms with E-state index in [1.807, 2.05) is 0 Å². The van der Waals surface area contributed by atoms with Crippen LogP contribution in [0.2, 0.25) is 0 Å². The summed E-state index contributed by atoms with van der Waals surface area (Å²) in [5.41, 5.74) is 0. The van der Waals surface area contributed by atoms with E-state index in [1.54, 1.807) is 6.92 Å². The van der Waals surface area contributed by atoms with Crippen molar-refractivity contribution in [3.63, 3.8) is 0 Å². The van der Waals surface area contributed by atoms with Gasteiger partial charge >= 0.3 is 5.97 Å². The molecule has 1 aromatic rings. The van der Waals surface area contributed by atoms with Crippen molar-refractivity contribution < 1.29 is 15.0 Å². The second-order valence-corrected chi connectivity index (χ2v) is 2.70. The number of carboxylic acids is 1. The lowest BCUT2D eigenvalue weighted by Crippen LogP contribution is -2.09. The second-order valence-electron chi connectivity index (χ2n) is 2.70. The average molecular weight is 185 g/mol. The van der Waals surface area contributed by atoms with E-state index >= 15 is 0 Å². The molecule has 0 spiro atoms. The van der Waals surface area contributed by atoms with Gasteiger partial charge in [0.2, 0.25) is 0 Å². The number of aliphatic carboxylic acids is 1. The quantitative estimate of drug-likeness (QED) is 0.678. The first kappa shape index (κ1) is 9.66. The summed E-state index contributed by atoms with van der Waals surface area (Å²) in [4.78, 5) is 10.3. The van der Waals surface area contributed by atoms with Gasteiger partial charge in [-0.1, -0.05) is 0 Å². The van der Waals surface area contributed by atoms with Gasteiger partial charge in [0.05, 0.1) is 6.42 Å². The van der Waals surface area contributed by atoms with Crippen LogP contribution in [0.25, 0.3) is 0 Å². The maximum absolute atomic E-state index is 10.3. The van der Waals surface area contributed by atoms with Crippen LogP contribution in [0.4, 0.5) is 0 Å². The highest BCUT2D eigenvalue weighted by Crippen LogP contribution is 2.07. The van der Waals surface area contributed by atoms with E-state index in [0.29, 0.717) is 5.82 Å². The monoisotopic (exact) mass is 185 g/mol. The Balaban J connectivity index is 2.65. The summed E-state index contributed by atoms with van der Waals surface area (Å²) < 4.78 is 1.53. The Kier molecular flexibility index (Phi) is 2.97. The summed E-state index contributed by atoms with van der Waals surface area (Å²) in [5, 5.41) is 24.9. The lowest BCUT2D eigenvalue weighted by atomic mass is 10.3. The number of nitrogens with zero attached hydrogens (tertiary/aromatic N) is 3. The minimum atomic E-state index is -0.884. The molecule has 0 amide bonds. The molecule has 6 nitrogen and oxygen atoms in total. The first-order chi connectivity index (χ1) is 6.11. The van der Waals surface area contributed by atoms with Gasteiger partial charge in [-0.2, -0.15) is 0 Å². The Morgan fingerprint density at radius 1 is 1.77 bits per heavy atom. The van der Waals surface area contributed by atoms with Crippen molar-refractivity contribution in [3.05, 3.63) is 12.2 Å². The molecule has 1 atom stereocenters. The lowest BCUT2D eigenvalue weighted by Gasteiger charge is -2.05. The predicted molar refractivity (Wildman–Crippen MR) is 42.9 cm³/mol. The van der Waals surface area contributed by atoms with Gasteiger partial charge in [-0.25, -0.2) is 0 Å². The van der Waals surface area contributed by atoms with Crippen LogP contribution in [-0.4, -0.2) is 30.9 Å². The third-order valence-electron chi connectivity index (χ3n) is 1.59. The molecular formula is C7H11N3O3. The van der Waals surface area contributed by atoms with E-state index < -0.39 is 12.1 Å². The first-order valence-corrected chi connectivity index (χ1v) is 3.89. The van der Waals surface area contributed by atoms with Crippen molar-refractivity contribution in [2.45, 2.75) is 26.0 Å². The van der Waals surface area contributed by atoms with Crippen LogP contribution < -0.4 is 0 Å². The van der Waals surface area contributed by atoms with Crippen molar-refractivity contribution >= 4 is 5.97 Å². The number of hydrogen-bond acceptors (Lipinski definition) is 4. The maximum atomic E-state index is 10.3. The minimum Gasteiger partial charge on any atom is -0.481 e. The molecule has 0 aliphatic rings. The van der Waals surface area contributed by atoms with Crippen LogP contribution in [0.5, 0.6) is 0 Å². The molecule has 0 aliphatic heterocycles. The van der Waals surface area contributed by atoms with E-state index in [2.05, 4.69) is 10.2 Å². The zero-order chi connectivity index (χ0) is 9.84. The van der Waals surface area contributed by atoms with Gasteiger partial charge in [-0.05, 0) is 6.92 Å². The Labute approximate surface area is 74.8 Å². The maximum Gasteiger partial charge on any atom is 0.305 e. The number of rotatable bonds is 4. The Hall–Kier alpha value is -1.43. The minimum absolute atomic E-state index is 0.00222. The number of aryl methyl sites for hydroxylation is 1. The van der Waals surface area contributed by atoms with Crippen molar-refractivity contribution in [2.75, 3.05) is 0 Å². The fourth-order valence-corrected chi connectivity index (χ4v) is 0.976. The van der Waals surface area contributed by atoms with Crippen LogP contribution in [0, 0.1) is 0 Å². The molecule has 1 heterocycles. The molecule has 13 heavy (non-hydrogen) atoms. The van der Waals surface area contributed by atoms with Gasteiger partial charge in [0.15, 0.2) is 5.82 Å². The molecule has 0 aromatic carbocycles. The Bertz CT molecular complexity index is 295. The predicted octanol–water partition coefficient (Wildman–Crippen LogP) is -0.194. The summed E-state index contributed by atoms with van der Waals surface area (Å²) in [6, 6.07) is 0. The summed E-state index contributed by atoms with van der Waals surface area (Å²) in [5.74, 6) is -0.494. The van der Waals surface area contributed by atoms with Gasteiger partial charge in [0, 0.05) is 6.54 Å². The van der Waals surface area contributed by atoms with Gasteiger partial charge in [-0.3, -0.25) is 4.79 Å². The van der Waals surface area contributed by atoms with Crippen LogP contribution in [0.3, 0.4) is 0 Å². The third-order valence-corrected chi connectivity index (χ3v) is 1.59. The van der Waals surface area contributed by atoms with Gasteiger partial charge in [0.25, 0.3) is 0 Å². The zero-order valence-corrected chi connectivity index (χ0v) is 7.21. The lowest BCUT2D eigenvalue weighted by molar-refractivity contribution is -0.137. The Morgan fingerprint density at radius 2 is 2.46 bits per heavy atom. The highest BCUT2D eigenvalue weighted by molar-refractivity contribution is 5.66. The summed E-state index contributed by atoms with van der Waals surface area (Å²) >= 11 is 0. The molecule has 1 unspecified atom stereocenters. The molecule has 0 bridgehead atoms. The molecule has 0 saturated heterocycles. The van der Waals surface area contributed by atoms with Gasteiger partial charge < -0.3 is 14.8 Å². The van der Waals surface area contributed by atoms with E-state index in [4.69, 9.17) is 5.11 Å². The molecule has 6 heteroatoms. The number of aromatic nitrogens is 3. The topological polar surface area (TPSA) is 88.2 Å². The van der Waals surface area contributed by atoms with Gasteiger partial charge in [-0.15, -0.1) is 10.2 Å². The molecule has 2 N–H and O–H groups in total. The molecule has 0 aliphatic carbocycles. The molecule has 1 aromatic heterocycles. The fourth-order valence-electron chi connectivity index (χ4n) is 0.976. The van der Waals surface area contributed by atoms with E-state index in [0.717, 1.165) is 0 Å². The molecule has 72 valence electrons. The highest BCUT2D eigenvalue weighted by Gasteiger charge is 2.10. The first-order valence-electron chi connectivity index (χ1n) is 3.89. The molecule has 1 rings (SSSR count). The normalized spacial score (nSPS) is 12.8. The Morgan fingerprint density at radius 3 is 3.00 bits per heavy atom. The van der Waals surface area contributed by atoms with Crippen molar-refractivity contribution in [3.8, 4) is 0 Å². The average Bonchev–Trinajstić information content (AvgIpc) is 2.47. The summed E-state index contributed by atoms with van der Waals surface area (Å²) in [6.07, 6.45) is 0.680. The van der Waals surface area contributed by atoms with Crippen molar-refractivity contribution in [1.29, 1.82) is 0 Å². The van der Waals surface area contributed by atoms with E-state index in [9.17, 15) is 9.90 Å². The second kappa shape index (κ2) is 3.99. The number of aliphatic hydroxyl groups is 1. The molecular weight excluding hydrogens is 174 g/mol. The number of aliphatic hydroxyl groups excluding tert-OH is 1. The van der Waals surface area contributed by atoms with Crippen LogP contribution >= 0.6 is 0 Å². The van der Waals surface area contributed by atoms with Crippen LogP contribution in [0.1, 0.15) is 25.3 Å². The summed E-state index contributed by atoms with van der Waals surface area (Å²) in [7, 11) is 0. The van der Waals surface area contributed by atoms with Crippen molar-refractivity contribution in [1.82, 2.24) is 14.8 Å². The summed E-state index contributed by atoms with van der Waals surface area (Å²) in [6.45, 7) is 1.84. The highest BCUT2D eigenvalue weighted by atomic mass is 16.4. The SMILES string of the molecule is CC(O)c1nncn1CCC(=O)O. The standard InChI is InChI=1S/C7H11N3O3/c1-5(11)7-9-8-4-10(7)3-2-6(12)13/h4-5,11H,2-3H2,1H3,(H,12,13). The largest absolute Gasteiger partial charge is 0.481 e. The van der Waals surface area contributed by atoms with E-state index in [1.165, 1.54) is 10.9 Å². The van der Waals surface area contributed by atoms with Crippen LogP contribution in [0.15, 0.2) is 6.33 Å². The number of carboxylic acid groups (broad SMARTS) is 1. The fraction of sp³-hybridized carbons (Fsp3) is 0.571. The molecule has 0 fully saturated rings. The third kappa shape index (κ3) is 2.51. The van der Waals surface area contributed by atoms with Crippen molar-refractivity contribution in [2.24, 2.45) is 0 Å². The molecule has 0 radical (unpaired) electrons. The zero-order valence-electron chi connectivity index (χ0n) is 7.21.